The summed E-state index contributed by atoms with van der Waals surface area (Å²) in [7, 11) is 3.76. The van der Waals surface area contributed by atoms with E-state index in [1.165, 1.54) is 28.6 Å². The van der Waals surface area contributed by atoms with Gasteiger partial charge >= 0.3 is 24.0 Å². The number of unbranched alkanes of at least 4 members (excludes halogenated alkanes) is 2. The first-order valence-corrected chi connectivity index (χ1v) is 35.0. The molecule has 0 aromatic carbocycles. The van der Waals surface area contributed by atoms with E-state index in [9.17, 15) is 144 Å². The van der Waals surface area contributed by atoms with Gasteiger partial charge in [-0.15, -0.1) is 0 Å². The maximum absolute atomic E-state index is 14.7. The molecule has 582 valence electrons. The first-order chi connectivity index (χ1) is 47.5. The summed E-state index contributed by atoms with van der Waals surface area (Å²) < 4.78 is 4.90. The van der Waals surface area contributed by atoms with E-state index in [2.05, 4.69) is 37.2 Å². The molecule has 0 fully saturated rings. The van der Waals surface area contributed by atoms with Gasteiger partial charge in [-0.25, -0.2) is 9.59 Å². The predicted molar refractivity (Wildman–Crippen MR) is 351 cm³/mol. The van der Waals surface area contributed by atoms with Crippen LogP contribution in [0.2, 0.25) is 0 Å². The van der Waals surface area contributed by atoms with Gasteiger partial charge in [0, 0.05) is 114 Å². The minimum absolute atomic E-state index is 0.00266. The van der Waals surface area contributed by atoms with Crippen LogP contribution in [0, 0.1) is 17.8 Å². The van der Waals surface area contributed by atoms with Crippen molar-refractivity contribution in [1.29, 1.82) is 0 Å². The molecule has 0 aliphatic heterocycles. The molecule has 0 radical (unpaired) electrons. The molecule has 41 heteroatoms. The van der Waals surface area contributed by atoms with Gasteiger partial charge in [0.2, 0.25) is 35.4 Å². The van der Waals surface area contributed by atoms with Crippen LogP contribution in [0.25, 0.3) is 0 Å². The minimum Gasteiger partial charge on any atom is -0.481 e. The Balaban J connectivity index is 7.58. The topological polar surface area (TPSA) is 679 Å². The van der Waals surface area contributed by atoms with E-state index in [0.717, 1.165) is 0 Å². The van der Waals surface area contributed by atoms with Crippen molar-refractivity contribution in [2.45, 2.75) is 214 Å². The zero-order valence-corrected chi connectivity index (χ0v) is 57.7. The van der Waals surface area contributed by atoms with E-state index in [0.29, 0.717) is 25.0 Å². The third kappa shape index (κ3) is 39.7. The van der Waals surface area contributed by atoms with Crippen molar-refractivity contribution < 1.29 is 159 Å². The zero-order valence-electron chi connectivity index (χ0n) is 56.1. The van der Waals surface area contributed by atoms with Gasteiger partial charge in [-0.2, -0.15) is 0 Å². The number of carbonyl (C=O) groups is 13. The Bertz CT molecular complexity index is 2590. The molecule has 7 amide bonds. The van der Waals surface area contributed by atoms with Crippen molar-refractivity contribution in [3.8, 4) is 0 Å². The summed E-state index contributed by atoms with van der Waals surface area (Å²) in [6.07, 6.45) is -33.9. The van der Waals surface area contributed by atoms with Crippen LogP contribution in [0.1, 0.15) is 122 Å². The van der Waals surface area contributed by atoms with Crippen LogP contribution in [0.5, 0.6) is 0 Å². The third-order valence-electron chi connectivity index (χ3n) is 15.7. The zero-order chi connectivity index (χ0) is 77.1. The van der Waals surface area contributed by atoms with Crippen LogP contribution < -0.4 is 37.2 Å². The average Bonchev–Trinajstić information content (AvgIpc) is 0.866. The van der Waals surface area contributed by atoms with Gasteiger partial charge in [-0.05, 0) is 38.5 Å². The fraction of sp³-hybridized carbons (Fsp3) is 0.783. The van der Waals surface area contributed by atoms with Gasteiger partial charge in [0.05, 0.1) is 50.2 Å². The monoisotopic (exact) mass is 1500 g/mol. The smallest absolute Gasteiger partial charge is 0.406 e. The molecule has 0 heterocycles. The van der Waals surface area contributed by atoms with Crippen LogP contribution >= 0.6 is 21.6 Å². The molecule has 0 spiro atoms. The molecule has 0 saturated carbocycles. The molecular weight excluding hydrogens is 1390 g/mol. The highest BCUT2D eigenvalue weighted by Crippen LogP contribution is 2.25. The Morgan fingerprint density at radius 3 is 1.06 bits per heavy atom. The Morgan fingerprint density at radius 1 is 0.396 bits per heavy atom. The molecule has 25 N–H and O–H groups in total. The van der Waals surface area contributed by atoms with Crippen molar-refractivity contribution in [2.24, 2.45) is 17.8 Å². The molecule has 0 aliphatic rings. The van der Waals surface area contributed by atoms with Crippen LogP contribution in [0.3, 0.4) is 0 Å². The second-order valence-corrected chi connectivity index (χ2v) is 26.5. The lowest BCUT2D eigenvalue weighted by molar-refractivity contribution is -0.143. The summed E-state index contributed by atoms with van der Waals surface area (Å²) in [4.78, 5) is 173. The molecule has 0 bridgehead atoms. The summed E-state index contributed by atoms with van der Waals surface area (Å²) in [6.45, 7) is -3.71. The van der Waals surface area contributed by atoms with Gasteiger partial charge in [0.25, 0.3) is 0 Å². The van der Waals surface area contributed by atoms with E-state index in [1.807, 2.05) is 6.92 Å². The number of aliphatic hydroxyl groups is 15. The van der Waals surface area contributed by atoms with E-state index in [1.54, 1.807) is 0 Å². The number of rotatable bonds is 59. The molecule has 0 rings (SSSR count). The summed E-state index contributed by atoms with van der Waals surface area (Å²) in [5.41, 5.74) is 0. The lowest BCUT2D eigenvalue weighted by atomic mass is 9.89. The number of Topliss-reactive ketones (excluding diaryl/α,β-unsaturated/α-hetero) is 3. The lowest BCUT2D eigenvalue weighted by Crippen LogP contribution is -2.50. The Kier molecular flexibility index (Phi) is 49.2. The number of aliphatic carboxylic acids is 3. The fourth-order valence-electron chi connectivity index (χ4n) is 9.41. The number of nitrogens with one attached hydrogen (secondary N) is 7. The predicted octanol–water partition coefficient (Wildman–Crippen LogP) is -8.31. The summed E-state index contributed by atoms with van der Waals surface area (Å²) in [6, 6.07) is -5.40. The third-order valence-corrected chi connectivity index (χ3v) is 18.1. The number of amides is 7. The second kappa shape index (κ2) is 52.5. The standard InChI is InChI=1S/C60H103N7O32S2/c1-3-4-5-6-36(59(96)97)67-58(95)32(9-14-47(82)64-26-41(76)52(89)55(92)44(79)29-70)23-38(73)35(11-16-49(85)86)66-57(94)31(8-13-46(81)63-25-40(75)51(88)54(91)43(78)28-69)22-37(72)34(10-15-48(83)84)65-56(93)30(21-33(71)17-19-100-101-20-18-99-60(98)61-2)7-12-45(80)62-24-39(74)50(87)53(90)42(77)27-68/h30-32,34-36,39-44,50-55,68-70,74-79,87-92H,3-29H2,1-2H3,(H,61,98)(H,62,80)(H,63,81)(H,64,82)(H,65,93)(H,66,94)(H,67,95)(H,83,84)(H,85,86)(H,96,97). The number of carbonyl (C=O) groups excluding carboxylic acids is 10. The fourth-order valence-corrected chi connectivity index (χ4v) is 11.3. The molecule has 0 aromatic rings. The number of hydrogen-bond donors (Lipinski definition) is 25. The Morgan fingerprint density at radius 2 is 0.733 bits per heavy atom. The van der Waals surface area contributed by atoms with Crippen molar-refractivity contribution in [1.82, 2.24) is 37.2 Å². The summed E-state index contributed by atoms with van der Waals surface area (Å²) in [5, 5.41) is 194. The van der Waals surface area contributed by atoms with Crippen molar-refractivity contribution in [3.63, 3.8) is 0 Å². The quantitative estimate of drug-likeness (QED) is 0.0199. The van der Waals surface area contributed by atoms with Gasteiger partial charge in [-0.1, -0.05) is 47.8 Å². The van der Waals surface area contributed by atoms with Gasteiger partial charge < -0.3 is 134 Å². The maximum atomic E-state index is 14.7. The largest absolute Gasteiger partial charge is 0.481 e. The average molecular weight is 1500 g/mol. The van der Waals surface area contributed by atoms with E-state index < -0.39 is 309 Å². The van der Waals surface area contributed by atoms with Gasteiger partial charge in [0.1, 0.15) is 73.4 Å². The van der Waals surface area contributed by atoms with E-state index in [-0.39, 0.29) is 25.2 Å². The normalized spacial score (nSPS) is 16.8. The van der Waals surface area contributed by atoms with E-state index >= 15 is 0 Å². The molecular formula is C60H103N7O32S2. The number of ketones is 3. The Hall–Kier alpha value is -6.39. The number of hydrogen-bond acceptors (Lipinski definition) is 31. The van der Waals surface area contributed by atoms with Gasteiger partial charge in [0.15, 0.2) is 11.6 Å². The highest BCUT2D eigenvalue weighted by molar-refractivity contribution is 8.76. The van der Waals surface area contributed by atoms with Crippen molar-refractivity contribution >= 4 is 98.4 Å². The number of ether oxygens (including phenoxy) is 1. The summed E-state index contributed by atoms with van der Waals surface area (Å²) in [5.74, 6) is -18.7. The molecule has 18 unspecified atom stereocenters. The SMILES string of the molecule is CCCCCC(NC(=O)C(CCC(=O)NCC(O)C(O)C(O)C(O)CO)CC(=O)C(CCC(=O)O)NC(=O)C(CCC(=O)NCC(O)C(O)C(O)C(O)CO)CC(=O)C(CCC(=O)O)NC(=O)C(CCC(=O)NCC(O)C(O)C(O)C(O)CO)CC(=O)CCSSCCOC(=O)NC)C(=O)O. The summed E-state index contributed by atoms with van der Waals surface area (Å²) >= 11 is 0. The molecule has 18 atom stereocenters. The molecule has 0 saturated heterocycles. The van der Waals surface area contributed by atoms with E-state index in [4.69, 9.17) is 14.9 Å². The molecule has 39 nitrogen and oxygen atoms in total. The van der Waals surface area contributed by atoms with Crippen molar-refractivity contribution in [3.05, 3.63) is 0 Å². The maximum Gasteiger partial charge on any atom is 0.406 e. The van der Waals surface area contributed by atoms with Crippen LogP contribution in [0.4, 0.5) is 4.79 Å². The van der Waals surface area contributed by atoms with Gasteiger partial charge in [-0.3, -0.25) is 52.7 Å². The van der Waals surface area contributed by atoms with Crippen LogP contribution in [-0.4, -0.2) is 325 Å². The number of alkyl carbamates (subject to hydrolysis) is 1. The first kappa shape index (κ1) is 94.6. The lowest BCUT2D eigenvalue weighted by Gasteiger charge is -2.26. The number of aliphatic hydroxyl groups excluding tert-OH is 15. The van der Waals surface area contributed by atoms with Crippen molar-refractivity contribution in [2.75, 3.05) is 64.6 Å². The Labute approximate surface area is 588 Å². The van der Waals surface area contributed by atoms with Crippen LogP contribution in [-0.2, 0) is 62.3 Å². The van der Waals surface area contributed by atoms with Crippen LogP contribution in [0.15, 0.2) is 0 Å². The molecule has 101 heavy (non-hydrogen) atoms. The first-order valence-electron chi connectivity index (χ1n) is 32.5. The molecule has 0 aromatic heterocycles. The minimum atomic E-state index is -2.17. The number of carboxylic acid groups (broad SMARTS) is 3. The highest BCUT2D eigenvalue weighted by Gasteiger charge is 2.38. The molecule has 0 aliphatic carbocycles. The second-order valence-electron chi connectivity index (χ2n) is 23.8. The highest BCUT2D eigenvalue weighted by atomic mass is 33.1. The number of carboxylic acids is 3.